The monoisotopic (exact) mass is 239 g/mol. The van der Waals surface area contributed by atoms with Gasteiger partial charge < -0.3 is 10.4 Å². The van der Waals surface area contributed by atoms with E-state index in [1.807, 2.05) is 0 Å². The Labute approximate surface area is 97.2 Å². The van der Waals surface area contributed by atoms with Crippen LogP contribution >= 0.6 is 11.6 Å². The summed E-state index contributed by atoms with van der Waals surface area (Å²) in [7, 11) is 0. The Balaban J connectivity index is 1.94. The minimum absolute atomic E-state index is 0.241. The van der Waals surface area contributed by atoms with Crippen LogP contribution < -0.4 is 5.32 Å². The quantitative estimate of drug-likeness (QED) is 0.848. The Morgan fingerprint density at radius 1 is 1.25 bits per heavy atom. The molecule has 1 amide bonds. The van der Waals surface area contributed by atoms with Crippen molar-refractivity contribution in [1.29, 1.82) is 0 Å². The van der Waals surface area contributed by atoms with Gasteiger partial charge in [0.2, 0.25) is 5.91 Å². The van der Waals surface area contributed by atoms with Crippen LogP contribution in [0.4, 0.5) is 5.69 Å². The van der Waals surface area contributed by atoms with Gasteiger partial charge in [-0.25, -0.2) is 0 Å². The molecule has 0 spiro atoms. The number of halogens is 1. The molecule has 84 valence electrons. The Hall–Kier alpha value is -1.55. The van der Waals surface area contributed by atoms with Gasteiger partial charge in [0.05, 0.1) is 11.8 Å². The summed E-state index contributed by atoms with van der Waals surface area (Å²) in [5.74, 6) is -2.06. The molecular formula is C11H10ClNO3. The number of anilines is 1. The molecule has 2 rings (SSSR count). The number of amides is 1. The van der Waals surface area contributed by atoms with Crippen LogP contribution in [-0.4, -0.2) is 17.0 Å². The zero-order valence-corrected chi connectivity index (χ0v) is 9.07. The highest BCUT2D eigenvalue weighted by atomic mass is 35.5. The van der Waals surface area contributed by atoms with Crippen LogP contribution in [0.3, 0.4) is 0 Å². The van der Waals surface area contributed by atoms with E-state index in [1.165, 1.54) is 0 Å². The number of hydrogen-bond acceptors (Lipinski definition) is 2. The maximum Gasteiger partial charge on any atom is 0.307 e. The number of hydrogen-bond donors (Lipinski definition) is 2. The molecule has 0 bridgehead atoms. The second-order valence-electron chi connectivity index (χ2n) is 3.78. The van der Waals surface area contributed by atoms with Crippen LogP contribution in [0, 0.1) is 11.8 Å². The smallest absolute Gasteiger partial charge is 0.307 e. The molecule has 0 saturated heterocycles. The van der Waals surface area contributed by atoms with E-state index < -0.39 is 17.8 Å². The fourth-order valence-corrected chi connectivity index (χ4v) is 1.65. The molecule has 0 aliphatic heterocycles. The number of rotatable bonds is 3. The maximum absolute atomic E-state index is 11.6. The molecule has 2 atom stereocenters. The summed E-state index contributed by atoms with van der Waals surface area (Å²) >= 11 is 5.70. The van der Waals surface area contributed by atoms with E-state index in [0.29, 0.717) is 17.1 Å². The Kier molecular flexibility index (Phi) is 2.83. The average molecular weight is 240 g/mol. The van der Waals surface area contributed by atoms with E-state index in [0.717, 1.165) is 0 Å². The van der Waals surface area contributed by atoms with Crippen LogP contribution in [0.25, 0.3) is 0 Å². The van der Waals surface area contributed by atoms with Gasteiger partial charge >= 0.3 is 5.97 Å². The lowest BCUT2D eigenvalue weighted by Crippen LogP contribution is -2.16. The summed E-state index contributed by atoms with van der Waals surface area (Å²) in [4.78, 5) is 22.1. The van der Waals surface area contributed by atoms with Crippen molar-refractivity contribution in [3.05, 3.63) is 29.3 Å². The third kappa shape index (κ3) is 2.33. The van der Waals surface area contributed by atoms with Gasteiger partial charge in [0.25, 0.3) is 0 Å². The minimum atomic E-state index is -0.906. The number of benzene rings is 1. The standard InChI is InChI=1S/C11H10ClNO3/c12-6-1-3-7(4-2-6)13-10(14)8-5-9(8)11(15)16/h1-4,8-9H,5H2,(H,13,14)(H,15,16). The van der Waals surface area contributed by atoms with Crippen LogP contribution in [0.2, 0.25) is 5.02 Å². The number of carbonyl (C=O) groups is 2. The summed E-state index contributed by atoms with van der Waals surface area (Å²) in [6, 6.07) is 6.69. The van der Waals surface area contributed by atoms with E-state index in [-0.39, 0.29) is 5.91 Å². The lowest BCUT2D eigenvalue weighted by molar-refractivity contribution is -0.139. The summed E-state index contributed by atoms with van der Waals surface area (Å²) in [5, 5.41) is 11.9. The number of carboxylic acids is 1. The lowest BCUT2D eigenvalue weighted by atomic mass is 10.2. The molecule has 0 aromatic heterocycles. The highest BCUT2D eigenvalue weighted by molar-refractivity contribution is 6.30. The van der Waals surface area contributed by atoms with Gasteiger partial charge in [-0.15, -0.1) is 0 Å². The van der Waals surface area contributed by atoms with Crippen LogP contribution in [0.1, 0.15) is 6.42 Å². The van der Waals surface area contributed by atoms with Crippen molar-refractivity contribution < 1.29 is 14.7 Å². The third-order valence-corrected chi connectivity index (χ3v) is 2.81. The van der Waals surface area contributed by atoms with Crippen molar-refractivity contribution in [2.45, 2.75) is 6.42 Å². The molecular weight excluding hydrogens is 230 g/mol. The normalized spacial score (nSPS) is 22.6. The number of carboxylic acid groups (broad SMARTS) is 1. The van der Waals surface area contributed by atoms with Crippen molar-refractivity contribution in [3.63, 3.8) is 0 Å². The highest BCUT2D eigenvalue weighted by Gasteiger charge is 2.48. The molecule has 5 heteroatoms. The summed E-state index contributed by atoms with van der Waals surface area (Å²) < 4.78 is 0. The van der Waals surface area contributed by atoms with E-state index in [4.69, 9.17) is 16.7 Å². The van der Waals surface area contributed by atoms with Gasteiger partial charge in [0.1, 0.15) is 0 Å². The second kappa shape index (κ2) is 4.14. The fourth-order valence-electron chi connectivity index (χ4n) is 1.53. The number of nitrogens with one attached hydrogen (secondary N) is 1. The molecule has 2 unspecified atom stereocenters. The molecule has 0 heterocycles. The van der Waals surface area contributed by atoms with Crippen LogP contribution in [0.15, 0.2) is 24.3 Å². The van der Waals surface area contributed by atoms with Gasteiger partial charge in [-0.05, 0) is 30.7 Å². The fraction of sp³-hybridized carbons (Fsp3) is 0.273. The molecule has 2 N–H and O–H groups in total. The molecule has 1 aromatic carbocycles. The predicted octanol–water partition coefficient (Wildman–Crippen LogP) is 2.00. The van der Waals surface area contributed by atoms with E-state index in [1.54, 1.807) is 24.3 Å². The molecule has 1 aliphatic rings. The summed E-state index contributed by atoms with van der Waals surface area (Å²) in [6.45, 7) is 0. The molecule has 16 heavy (non-hydrogen) atoms. The Morgan fingerprint density at radius 3 is 2.38 bits per heavy atom. The molecule has 1 aromatic rings. The van der Waals surface area contributed by atoms with Gasteiger partial charge in [-0.3, -0.25) is 9.59 Å². The van der Waals surface area contributed by atoms with Gasteiger partial charge in [0.15, 0.2) is 0 Å². The van der Waals surface area contributed by atoms with Crippen molar-refractivity contribution in [3.8, 4) is 0 Å². The molecule has 1 fully saturated rings. The first kappa shape index (κ1) is 11.0. The second-order valence-corrected chi connectivity index (χ2v) is 4.22. The Bertz CT molecular complexity index is 429. The Morgan fingerprint density at radius 2 is 1.88 bits per heavy atom. The first-order valence-electron chi connectivity index (χ1n) is 4.87. The SMILES string of the molecule is O=C(O)C1CC1C(=O)Nc1ccc(Cl)cc1. The van der Waals surface area contributed by atoms with E-state index in [9.17, 15) is 9.59 Å². The molecule has 1 aliphatic carbocycles. The highest BCUT2D eigenvalue weighted by Crippen LogP contribution is 2.39. The van der Waals surface area contributed by atoms with Crippen molar-refractivity contribution in [1.82, 2.24) is 0 Å². The maximum atomic E-state index is 11.6. The van der Waals surface area contributed by atoms with E-state index >= 15 is 0 Å². The minimum Gasteiger partial charge on any atom is -0.481 e. The average Bonchev–Trinajstić information content (AvgIpc) is 3.01. The van der Waals surface area contributed by atoms with E-state index in [2.05, 4.69) is 5.32 Å². The third-order valence-electron chi connectivity index (χ3n) is 2.56. The largest absolute Gasteiger partial charge is 0.481 e. The topological polar surface area (TPSA) is 66.4 Å². The van der Waals surface area contributed by atoms with Crippen molar-refractivity contribution >= 4 is 29.2 Å². The molecule has 1 saturated carbocycles. The number of aliphatic carboxylic acids is 1. The lowest BCUT2D eigenvalue weighted by Gasteiger charge is -2.03. The first-order valence-corrected chi connectivity index (χ1v) is 5.25. The van der Waals surface area contributed by atoms with Crippen molar-refractivity contribution in [2.75, 3.05) is 5.32 Å². The van der Waals surface area contributed by atoms with Crippen molar-refractivity contribution in [2.24, 2.45) is 11.8 Å². The van der Waals surface area contributed by atoms with Crippen LogP contribution in [0.5, 0.6) is 0 Å². The van der Waals surface area contributed by atoms with Gasteiger partial charge in [-0.2, -0.15) is 0 Å². The van der Waals surface area contributed by atoms with Gasteiger partial charge in [-0.1, -0.05) is 11.6 Å². The summed E-state index contributed by atoms with van der Waals surface area (Å²) in [6.07, 6.45) is 0.425. The molecule has 0 radical (unpaired) electrons. The number of carbonyl (C=O) groups excluding carboxylic acids is 1. The molecule has 4 nitrogen and oxygen atoms in total. The predicted molar refractivity (Wildman–Crippen MR) is 59.3 cm³/mol. The first-order chi connectivity index (χ1) is 7.58. The van der Waals surface area contributed by atoms with Crippen LogP contribution in [-0.2, 0) is 9.59 Å². The zero-order valence-electron chi connectivity index (χ0n) is 8.31. The zero-order chi connectivity index (χ0) is 11.7. The van der Waals surface area contributed by atoms with Gasteiger partial charge in [0, 0.05) is 10.7 Å². The summed E-state index contributed by atoms with van der Waals surface area (Å²) in [5.41, 5.74) is 0.630.